The van der Waals surface area contributed by atoms with E-state index in [0.717, 1.165) is 21.6 Å². The molecule has 3 aromatic rings. The standard InChI is InChI=1S/C21H20ClF2N3O3/c1-11(27(20(29)30)21(2,3)4)18-25-16-7-5-6-15(22)17(16)19(28)26(18)14-9-12(23)8-13(24)10-14/h5-11H,1-4H3,(H,29,30)/t11-/m1/s1. The summed E-state index contributed by atoms with van der Waals surface area (Å²) >= 11 is 6.20. The molecule has 1 heterocycles. The first-order valence-corrected chi connectivity index (χ1v) is 9.49. The lowest BCUT2D eigenvalue weighted by atomic mass is 10.0. The molecule has 0 saturated carbocycles. The van der Waals surface area contributed by atoms with E-state index in [1.807, 2.05) is 0 Å². The molecule has 30 heavy (non-hydrogen) atoms. The Hall–Kier alpha value is -3.00. The summed E-state index contributed by atoms with van der Waals surface area (Å²) < 4.78 is 28.9. The van der Waals surface area contributed by atoms with E-state index in [-0.39, 0.29) is 27.4 Å². The predicted octanol–water partition coefficient (Wildman–Crippen LogP) is 5.16. The molecule has 0 aliphatic rings. The van der Waals surface area contributed by atoms with Crippen molar-refractivity contribution in [3.63, 3.8) is 0 Å². The second-order valence-corrected chi connectivity index (χ2v) is 8.28. The van der Waals surface area contributed by atoms with Crippen molar-refractivity contribution >= 4 is 28.6 Å². The smallest absolute Gasteiger partial charge is 0.408 e. The molecule has 158 valence electrons. The highest BCUT2D eigenvalue weighted by Crippen LogP contribution is 2.30. The molecule has 0 fully saturated rings. The van der Waals surface area contributed by atoms with Gasteiger partial charge in [-0.2, -0.15) is 0 Å². The van der Waals surface area contributed by atoms with E-state index in [1.54, 1.807) is 39.8 Å². The number of nitrogens with zero attached hydrogens (tertiary/aromatic N) is 3. The van der Waals surface area contributed by atoms with Crippen LogP contribution in [-0.2, 0) is 0 Å². The maximum absolute atomic E-state index is 13.9. The lowest BCUT2D eigenvalue weighted by Gasteiger charge is -2.38. The first-order chi connectivity index (χ1) is 13.9. The number of benzene rings is 2. The van der Waals surface area contributed by atoms with Crippen LogP contribution < -0.4 is 5.56 Å². The fourth-order valence-corrected chi connectivity index (χ4v) is 3.80. The highest BCUT2D eigenvalue weighted by Gasteiger charge is 2.34. The molecular weight excluding hydrogens is 416 g/mol. The predicted molar refractivity (Wildman–Crippen MR) is 110 cm³/mol. The molecule has 1 atom stereocenters. The zero-order valence-corrected chi connectivity index (χ0v) is 17.5. The molecule has 0 bridgehead atoms. The molecule has 2 aromatic carbocycles. The van der Waals surface area contributed by atoms with E-state index in [4.69, 9.17) is 11.6 Å². The number of hydrogen-bond donors (Lipinski definition) is 1. The lowest BCUT2D eigenvalue weighted by Crippen LogP contribution is -2.47. The van der Waals surface area contributed by atoms with E-state index >= 15 is 0 Å². The number of carboxylic acid groups (broad SMARTS) is 1. The maximum atomic E-state index is 13.9. The van der Waals surface area contributed by atoms with Crippen LogP contribution in [0.5, 0.6) is 0 Å². The van der Waals surface area contributed by atoms with Crippen molar-refractivity contribution in [2.24, 2.45) is 0 Å². The molecular formula is C21H20ClF2N3O3. The molecule has 3 rings (SSSR count). The normalized spacial score (nSPS) is 12.8. The van der Waals surface area contributed by atoms with E-state index in [2.05, 4.69) is 4.98 Å². The summed E-state index contributed by atoms with van der Waals surface area (Å²) in [6, 6.07) is 6.39. The summed E-state index contributed by atoms with van der Waals surface area (Å²) in [6.07, 6.45) is -1.23. The van der Waals surface area contributed by atoms with Crippen LogP contribution in [0.25, 0.3) is 16.6 Å². The summed E-state index contributed by atoms with van der Waals surface area (Å²) in [5.41, 5.74) is -1.36. The maximum Gasteiger partial charge on any atom is 0.408 e. The Labute approximate surface area is 176 Å². The fraction of sp³-hybridized carbons (Fsp3) is 0.286. The Kier molecular flexibility index (Phi) is 5.56. The number of halogens is 3. The molecule has 1 N–H and O–H groups in total. The summed E-state index contributed by atoms with van der Waals surface area (Å²) in [7, 11) is 0. The molecule has 6 nitrogen and oxygen atoms in total. The van der Waals surface area contributed by atoms with Crippen LogP contribution in [0.2, 0.25) is 5.02 Å². The second-order valence-electron chi connectivity index (χ2n) is 7.87. The minimum atomic E-state index is -1.23. The van der Waals surface area contributed by atoms with Crippen molar-refractivity contribution in [3.05, 3.63) is 69.2 Å². The molecule has 0 aliphatic carbocycles. The number of carbonyl (C=O) groups is 1. The van der Waals surface area contributed by atoms with Gasteiger partial charge in [-0.25, -0.2) is 18.6 Å². The molecule has 0 aliphatic heterocycles. The number of hydrogen-bond acceptors (Lipinski definition) is 3. The monoisotopic (exact) mass is 435 g/mol. The summed E-state index contributed by atoms with van der Waals surface area (Å²) in [4.78, 5) is 31.0. The minimum Gasteiger partial charge on any atom is -0.465 e. The Morgan fingerprint density at radius 1 is 1.20 bits per heavy atom. The van der Waals surface area contributed by atoms with Gasteiger partial charge in [0.25, 0.3) is 5.56 Å². The zero-order valence-electron chi connectivity index (χ0n) is 16.8. The SMILES string of the molecule is C[C@H](c1nc2cccc(Cl)c2c(=O)n1-c1cc(F)cc(F)c1)N(C(=O)O)C(C)(C)C. The molecule has 9 heteroatoms. The van der Waals surface area contributed by atoms with E-state index in [0.29, 0.717) is 6.07 Å². The van der Waals surface area contributed by atoms with Crippen LogP contribution in [0.4, 0.5) is 13.6 Å². The highest BCUT2D eigenvalue weighted by molar-refractivity contribution is 6.35. The van der Waals surface area contributed by atoms with Gasteiger partial charge in [0.05, 0.1) is 27.7 Å². The van der Waals surface area contributed by atoms with Crippen molar-refractivity contribution in [1.82, 2.24) is 14.5 Å². The largest absolute Gasteiger partial charge is 0.465 e. The van der Waals surface area contributed by atoms with E-state index < -0.39 is 34.9 Å². The summed E-state index contributed by atoms with van der Waals surface area (Å²) in [5, 5.41) is 9.98. The fourth-order valence-electron chi connectivity index (χ4n) is 3.55. The Morgan fingerprint density at radius 2 is 1.80 bits per heavy atom. The Bertz CT molecular complexity index is 1180. The second kappa shape index (κ2) is 7.68. The van der Waals surface area contributed by atoms with Gasteiger partial charge in [0.1, 0.15) is 17.5 Å². The van der Waals surface area contributed by atoms with E-state index in [1.165, 1.54) is 6.07 Å². The zero-order chi connectivity index (χ0) is 22.4. The third-order valence-electron chi connectivity index (χ3n) is 4.67. The van der Waals surface area contributed by atoms with E-state index in [9.17, 15) is 23.5 Å². The summed E-state index contributed by atoms with van der Waals surface area (Å²) in [5.74, 6) is -1.77. The van der Waals surface area contributed by atoms with Crippen molar-refractivity contribution in [1.29, 1.82) is 0 Å². The van der Waals surface area contributed by atoms with Gasteiger partial charge in [-0.3, -0.25) is 14.3 Å². The van der Waals surface area contributed by atoms with Gasteiger partial charge in [0.2, 0.25) is 0 Å². The van der Waals surface area contributed by atoms with Gasteiger partial charge in [0, 0.05) is 11.6 Å². The van der Waals surface area contributed by atoms with Crippen LogP contribution in [-0.4, -0.2) is 31.2 Å². The van der Waals surface area contributed by atoms with Gasteiger partial charge in [-0.1, -0.05) is 17.7 Å². The average Bonchev–Trinajstić information content (AvgIpc) is 2.58. The van der Waals surface area contributed by atoms with Crippen molar-refractivity contribution in [2.75, 3.05) is 0 Å². The van der Waals surface area contributed by atoms with Gasteiger partial charge >= 0.3 is 6.09 Å². The topological polar surface area (TPSA) is 75.4 Å². The van der Waals surface area contributed by atoms with Crippen LogP contribution in [0.1, 0.15) is 39.6 Å². The number of rotatable bonds is 3. The highest BCUT2D eigenvalue weighted by atomic mass is 35.5. The third kappa shape index (κ3) is 3.87. The molecule has 0 saturated heterocycles. The molecule has 0 unspecified atom stereocenters. The first kappa shape index (κ1) is 21.7. The van der Waals surface area contributed by atoms with Crippen LogP contribution in [0, 0.1) is 11.6 Å². The van der Waals surface area contributed by atoms with Crippen molar-refractivity contribution in [3.8, 4) is 5.69 Å². The van der Waals surface area contributed by atoms with Gasteiger partial charge < -0.3 is 5.11 Å². The number of amides is 1. The Morgan fingerprint density at radius 3 is 2.33 bits per heavy atom. The van der Waals surface area contributed by atoms with Gasteiger partial charge in [-0.05, 0) is 52.0 Å². The molecule has 1 aromatic heterocycles. The summed E-state index contributed by atoms with van der Waals surface area (Å²) in [6.45, 7) is 6.64. The first-order valence-electron chi connectivity index (χ1n) is 9.11. The van der Waals surface area contributed by atoms with Crippen LogP contribution in [0.15, 0.2) is 41.2 Å². The third-order valence-corrected chi connectivity index (χ3v) is 4.98. The van der Waals surface area contributed by atoms with Gasteiger partial charge in [0.15, 0.2) is 0 Å². The van der Waals surface area contributed by atoms with Crippen molar-refractivity contribution in [2.45, 2.75) is 39.3 Å². The molecule has 1 amide bonds. The Balaban J connectivity index is 2.43. The van der Waals surface area contributed by atoms with Crippen LogP contribution >= 0.6 is 11.6 Å². The minimum absolute atomic E-state index is 0.0112. The quantitative estimate of drug-likeness (QED) is 0.616. The number of aromatic nitrogens is 2. The lowest BCUT2D eigenvalue weighted by molar-refractivity contribution is 0.0719. The number of fused-ring (bicyclic) bond motifs is 1. The molecule has 0 spiro atoms. The van der Waals surface area contributed by atoms with Crippen LogP contribution in [0.3, 0.4) is 0 Å². The average molecular weight is 436 g/mol. The molecule has 0 radical (unpaired) electrons. The van der Waals surface area contributed by atoms with Crippen molar-refractivity contribution < 1.29 is 18.7 Å². The van der Waals surface area contributed by atoms with Gasteiger partial charge in [-0.15, -0.1) is 0 Å².